The Morgan fingerprint density at radius 3 is 2.80 bits per heavy atom. The molecule has 0 aliphatic carbocycles. The van der Waals surface area contributed by atoms with Crippen molar-refractivity contribution in [2.45, 2.75) is 13.1 Å². The summed E-state index contributed by atoms with van der Waals surface area (Å²) in [4.78, 5) is 11.7. The normalized spacial score (nSPS) is 10.8. The molecule has 0 unspecified atom stereocenters. The van der Waals surface area contributed by atoms with Crippen LogP contribution in [-0.4, -0.2) is 5.27 Å². The van der Waals surface area contributed by atoms with Crippen molar-refractivity contribution in [2.24, 2.45) is 0 Å². The molecular formula is C14H14N3O2S+. The van der Waals surface area contributed by atoms with Gasteiger partial charge in [0, 0.05) is 18.7 Å². The Morgan fingerprint density at radius 1 is 1.20 bits per heavy atom. The van der Waals surface area contributed by atoms with Crippen LogP contribution in [0.2, 0.25) is 0 Å². The average Bonchev–Trinajstić information content (AvgIpc) is 3.11. The SMILES string of the molecule is O=c1o[nH][n+](-c2ccccc2)c1CNCc1ccsc1. The van der Waals surface area contributed by atoms with Crippen molar-refractivity contribution in [2.75, 3.05) is 0 Å². The summed E-state index contributed by atoms with van der Waals surface area (Å²) in [5.41, 5.74) is 2.27. The van der Waals surface area contributed by atoms with Crippen molar-refractivity contribution in [3.8, 4) is 5.69 Å². The Labute approximate surface area is 119 Å². The Balaban J connectivity index is 1.76. The predicted molar refractivity (Wildman–Crippen MR) is 75.7 cm³/mol. The fraction of sp³-hybridized carbons (Fsp3) is 0.143. The summed E-state index contributed by atoms with van der Waals surface area (Å²) in [5.74, 6) is 0. The van der Waals surface area contributed by atoms with Crippen LogP contribution in [0.1, 0.15) is 11.3 Å². The van der Waals surface area contributed by atoms with Crippen LogP contribution in [0, 0.1) is 0 Å². The van der Waals surface area contributed by atoms with Gasteiger partial charge in [-0.15, -0.1) is 0 Å². The third kappa shape index (κ3) is 2.71. The molecule has 102 valence electrons. The van der Waals surface area contributed by atoms with Gasteiger partial charge in [-0.3, -0.25) is 4.52 Å². The molecular weight excluding hydrogens is 274 g/mol. The lowest BCUT2D eigenvalue weighted by molar-refractivity contribution is -0.677. The average molecular weight is 288 g/mol. The summed E-state index contributed by atoms with van der Waals surface area (Å²) in [7, 11) is 0. The second-order valence-electron chi connectivity index (χ2n) is 4.33. The van der Waals surface area contributed by atoms with Gasteiger partial charge in [-0.1, -0.05) is 18.2 Å². The van der Waals surface area contributed by atoms with E-state index in [-0.39, 0.29) is 5.63 Å². The minimum Gasteiger partial charge on any atom is -0.303 e. The number of H-pyrrole nitrogens is 1. The second kappa shape index (κ2) is 5.85. The quantitative estimate of drug-likeness (QED) is 0.701. The summed E-state index contributed by atoms with van der Waals surface area (Å²) in [6, 6.07) is 11.6. The maximum Gasteiger partial charge on any atom is 0.431 e. The number of hydrogen-bond donors (Lipinski definition) is 2. The van der Waals surface area contributed by atoms with Crippen LogP contribution in [-0.2, 0) is 13.1 Å². The smallest absolute Gasteiger partial charge is 0.303 e. The summed E-state index contributed by atoms with van der Waals surface area (Å²) in [5, 5.41) is 9.99. The maximum atomic E-state index is 11.7. The molecule has 2 aromatic heterocycles. The van der Waals surface area contributed by atoms with Gasteiger partial charge >= 0.3 is 11.3 Å². The Morgan fingerprint density at radius 2 is 2.05 bits per heavy atom. The predicted octanol–water partition coefficient (Wildman–Crippen LogP) is 1.60. The van der Waals surface area contributed by atoms with E-state index in [0.29, 0.717) is 12.2 Å². The van der Waals surface area contributed by atoms with E-state index in [0.717, 1.165) is 12.2 Å². The van der Waals surface area contributed by atoms with Crippen molar-refractivity contribution in [3.05, 3.63) is 68.8 Å². The number of nitrogens with one attached hydrogen (secondary N) is 2. The van der Waals surface area contributed by atoms with Gasteiger partial charge in [0.2, 0.25) is 5.69 Å². The molecule has 0 saturated carbocycles. The number of para-hydroxylation sites is 1. The molecule has 0 saturated heterocycles. The molecule has 0 aliphatic heterocycles. The molecule has 0 bridgehead atoms. The molecule has 3 rings (SSSR count). The molecule has 5 nitrogen and oxygen atoms in total. The van der Waals surface area contributed by atoms with Crippen molar-refractivity contribution in [3.63, 3.8) is 0 Å². The zero-order valence-electron chi connectivity index (χ0n) is 10.7. The lowest BCUT2D eigenvalue weighted by Gasteiger charge is -1.98. The number of rotatable bonds is 5. The molecule has 0 atom stereocenters. The number of benzene rings is 1. The third-order valence-electron chi connectivity index (χ3n) is 2.95. The lowest BCUT2D eigenvalue weighted by atomic mass is 10.3. The standard InChI is InChI=1S/C14H13N3O2S/c18-14-13(9-15-8-11-6-7-20-10-11)17(16-19-14)12-4-2-1-3-5-12/h1-7,10,15H,8-9H2/p+1. The summed E-state index contributed by atoms with van der Waals surface area (Å²) >= 11 is 1.66. The van der Waals surface area contributed by atoms with Gasteiger partial charge in [0.1, 0.15) is 0 Å². The highest BCUT2D eigenvalue weighted by atomic mass is 32.1. The molecule has 2 N–H and O–H groups in total. The van der Waals surface area contributed by atoms with Crippen LogP contribution < -0.4 is 15.6 Å². The summed E-state index contributed by atoms with van der Waals surface area (Å²) in [6.07, 6.45) is 0. The van der Waals surface area contributed by atoms with Crippen molar-refractivity contribution in [1.82, 2.24) is 10.6 Å². The highest BCUT2D eigenvalue weighted by Crippen LogP contribution is 2.05. The highest BCUT2D eigenvalue weighted by Gasteiger charge is 2.22. The van der Waals surface area contributed by atoms with Crippen LogP contribution >= 0.6 is 11.3 Å². The van der Waals surface area contributed by atoms with Crippen molar-refractivity contribution >= 4 is 11.3 Å². The van der Waals surface area contributed by atoms with Gasteiger partial charge in [0.25, 0.3) is 0 Å². The van der Waals surface area contributed by atoms with E-state index in [1.165, 1.54) is 5.56 Å². The van der Waals surface area contributed by atoms with Gasteiger partial charge in [0.15, 0.2) is 0 Å². The van der Waals surface area contributed by atoms with Crippen LogP contribution in [0.25, 0.3) is 5.69 Å². The maximum absolute atomic E-state index is 11.7. The molecule has 20 heavy (non-hydrogen) atoms. The Hall–Kier alpha value is -2.18. The van der Waals surface area contributed by atoms with Gasteiger partial charge in [0.05, 0.1) is 6.54 Å². The van der Waals surface area contributed by atoms with Gasteiger partial charge in [-0.2, -0.15) is 11.3 Å². The first-order chi connectivity index (χ1) is 9.84. The van der Waals surface area contributed by atoms with Crippen molar-refractivity contribution in [1.29, 1.82) is 0 Å². The molecule has 0 fully saturated rings. The number of aromatic nitrogens is 2. The fourth-order valence-corrected chi connectivity index (χ4v) is 2.62. The van der Waals surface area contributed by atoms with E-state index >= 15 is 0 Å². The van der Waals surface area contributed by atoms with E-state index in [1.807, 2.05) is 35.7 Å². The summed E-state index contributed by atoms with van der Waals surface area (Å²) in [6.45, 7) is 1.17. The number of hydrogen-bond acceptors (Lipinski definition) is 4. The zero-order valence-corrected chi connectivity index (χ0v) is 11.5. The topological polar surface area (TPSA) is 61.9 Å². The van der Waals surface area contributed by atoms with E-state index in [1.54, 1.807) is 16.0 Å². The largest absolute Gasteiger partial charge is 0.431 e. The molecule has 6 heteroatoms. The van der Waals surface area contributed by atoms with Crippen LogP contribution in [0.15, 0.2) is 56.5 Å². The number of thiophene rings is 1. The Kier molecular flexibility index (Phi) is 3.76. The number of nitrogens with zero attached hydrogens (tertiary/aromatic N) is 1. The summed E-state index contributed by atoms with van der Waals surface area (Å²) < 4.78 is 6.54. The highest BCUT2D eigenvalue weighted by molar-refractivity contribution is 7.07. The molecule has 0 radical (unpaired) electrons. The minimum absolute atomic E-state index is 0.355. The van der Waals surface area contributed by atoms with E-state index < -0.39 is 0 Å². The molecule has 3 aromatic rings. The van der Waals surface area contributed by atoms with E-state index in [9.17, 15) is 4.79 Å². The zero-order chi connectivity index (χ0) is 13.8. The van der Waals surface area contributed by atoms with Crippen LogP contribution in [0.5, 0.6) is 0 Å². The van der Waals surface area contributed by atoms with Crippen LogP contribution in [0.3, 0.4) is 0 Å². The molecule has 0 spiro atoms. The number of aromatic amines is 1. The molecule has 0 aliphatic rings. The van der Waals surface area contributed by atoms with Crippen LogP contribution in [0.4, 0.5) is 0 Å². The Bertz CT molecular complexity index is 716. The lowest BCUT2D eigenvalue weighted by Crippen LogP contribution is -2.40. The second-order valence-corrected chi connectivity index (χ2v) is 5.11. The van der Waals surface area contributed by atoms with Crippen molar-refractivity contribution < 1.29 is 9.20 Å². The fourth-order valence-electron chi connectivity index (χ4n) is 1.95. The molecule has 1 aromatic carbocycles. The molecule has 2 heterocycles. The van der Waals surface area contributed by atoms with E-state index in [4.69, 9.17) is 4.52 Å². The van der Waals surface area contributed by atoms with Gasteiger partial charge in [-0.05, 0) is 32.3 Å². The monoisotopic (exact) mass is 288 g/mol. The van der Waals surface area contributed by atoms with Gasteiger partial charge < -0.3 is 5.32 Å². The first-order valence-corrected chi connectivity index (χ1v) is 7.18. The van der Waals surface area contributed by atoms with E-state index in [2.05, 4.69) is 22.0 Å². The minimum atomic E-state index is -0.355. The molecule has 0 amide bonds. The third-order valence-corrected chi connectivity index (χ3v) is 3.68. The first kappa shape index (κ1) is 12.8. The van der Waals surface area contributed by atoms with Gasteiger partial charge in [-0.25, -0.2) is 4.79 Å². The first-order valence-electron chi connectivity index (χ1n) is 6.24.